The minimum absolute atomic E-state index is 0.118. The molecule has 0 unspecified atom stereocenters. The van der Waals surface area contributed by atoms with E-state index in [1.165, 1.54) is 65.0 Å². The molecular weight excluding hydrogens is 444 g/mol. The second kappa shape index (κ2) is 9.21. The highest BCUT2D eigenvalue weighted by molar-refractivity contribution is 7.89. The Morgan fingerprint density at radius 1 is 0.727 bits per heavy atom. The van der Waals surface area contributed by atoms with E-state index in [0.29, 0.717) is 11.1 Å². The third-order valence-electron chi connectivity index (χ3n) is 5.36. The number of rotatable bonds is 4. The van der Waals surface area contributed by atoms with Crippen molar-refractivity contribution in [1.82, 2.24) is 4.31 Å². The molecule has 0 aliphatic carbocycles. The van der Waals surface area contributed by atoms with E-state index >= 15 is 0 Å². The molecular formula is C26H21F2NO3S. The number of ketones is 1. The molecule has 0 bridgehead atoms. The summed E-state index contributed by atoms with van der Waals surface area (Å²) in [6, 6.07) is 17.7. The number of halogens is 2. The lowest BCUT2D eigenvalue weighted by atomic mass is 9.95. The summed E-state index contributed by atoms with van der Waals surface area (Å²) in [5.74, 6) is -1.13. The lowest BCUT2D eigenvalue weighted by molar-refractivity contribution is -0.113. The third kappa shape index (κ3) is 5.16. The largest absolute Gasteiger partial charge is 0.289 e. The van der Waals surface area contributed by atoms with Gasteiger partial charge in [-0.3, -0.25) is 4.79 Å². The number of hydrogen-bond acceptors (Lipinski definition) is 3. The van der Waals surface area contributed by atoms with Crippen LogP contribution in [0.4, 0.5) is 8.78 Å². The summed E-state index contributed by atoms with van der Waals surface area (Å²) in [5.41, 5.74) is 2.61. The van der Waals surface area contributed by atoms with E-state index in [1.54, 1.807) is 24.3 Å². The smallest absolute Gasteiger partial charge is 0.243 e. The standard InChI is InChI=1S/C26H21F2NO3S/c1-18-2-12-25(13-3-18)33(31,32)29-16-21(14-19-4-8-23(27)9-5-19)26(30)22(17-29)15-20-6-10-24(28)11-7-20/h2-15H,16-17H2,1H3/b21-14+,22-15+. The molecule has 0 N–H and O–H groups in total. The van der Waals surface area contributed by atoms with Crippen LogP contribution in [-0.4, -0.2) is 31.6 Å². The van der Waals surface area contributed by atoms with Crippen LogP contribution in [0.25, 0.3) is 12.2 Å². The van der Waals surface area contributed by atoms with Gasteiger partial charge in [-0.1, -0.05) is 42.0 Å². The van der Waals surface area contributed by atoms with Crippen LogP contribution in [0.1, 0.15) is 16.7 Å². The van der Waals surface area contributed by atoms with Gasteiger partial charge in [-0.15, -0.1) is 0 Å². The number of piperidine rings is 1. The topological polar surface area (TPSA) is 54.5 Å². The van der Waals surface area contributed by atoms with Crippen molar-refractivity contribution in [1.29, 1.82) is 0 Å². The second-order valence-corrected chi connectivity index (χ2v) is 9.80. The fraction of sp³-hybridized carbons (Fsp3) is 0.115. The summed E-state index contributed by atoms with van der Waals surface area (Å²) < 4.78 is 54.5. The molecule has 1 heterocycles. The Labute approximate surface area is 191 Å². The Morgan fingerprint density at radius 3 is 1.58 bits per heavy atom. The fourth-order valence-electron chi connectivity index (χ4n) is 3.56. The molecule has 7 heteroatoms. The predicted molar refractivity (Wildman–Crippen MR) is 124 cm³/mol. The fourth-order valence-corrected chi connectivity index (χ4v) is 4.95. The molecule has 0 atom stereocenters. The van der Waals surface area contributed by atoms with Crippen molar-refractivity contribution in [2.24, 2.45) is 0 Å². The van der Waals surface area contributed by atoms with E-state index in [4.69, 9.17) is 0 Å². The van der Waals surface area contributed by atoms with E-state index in [1.807, 2.05) is 6.92 Å². The first-order chi connectivity index (χ1) is 15.7. The average Bonchev–Trinajstić information content (AvgIpc) is 2.79. The van der Waals surface area contributed by atoms with Crippen LogP contribution in [0.2, 0.25) is 0 Å². The van der Waals surface area contributed by atoms with Crippen LogP contribution < -0.4 is 0 Å². The number of benzene rings is 3. The van der Waals surface area contributed by atoms with Gasteiger partial charge in [-0.2, -0.15) is 4.31 Å². The van der Waals surface area contributed by atoms with Gasteiger partial charge in [0.1, 0.15) is 11.6 Å². The van der Waals surface area contributed by atoms with Gasteiger partial charge >= 0.3 is 0 Å². The van der Waals surface area contributed by atoms with Gasteiger partial charge in [0.2, 0.25) is 10.0 Å². The first-order valence-electron chi connectivity index (χ1n) is 10.3. The van der Waals surface area contributed by atoms with Crippen LogP contribution in [0.5, 0.6) is 0 Å². The summed E-state index contributed by atoms with van der Waals surface area (Å²) in [6.45, 7) is 1.63. The quantitative estimate of drug-likeness (QED) is 0.509. The molecule has 1 aliphatic heterocycles. The highest BCUT2D eigenvalue weighted by Gasteiger charge is 2.34. The Morgan fingerprint density at radius 2 is 1.15 bits per heavy atom. The summed E-state index contributed by atoms with van der Waals surface area (Å²) in [4.78, 5) is 13.3. The zero-order chi connectivity index (χ0) is 23.6. The van der Waals surface area contributed by atoms with Crippen LogP contribution >= 0.6 is 0 Å². The van der Waals surface area contributed by atoms with Gasteiger partial charge in [0.15, 0.2) is 5.78 Å². The molecule has 3 aromatic carbocycles. The van der Waals surface area contributed by atoms with Gasteiger partial charge in [-0.05, 0) is 66.6 Å². The van der Waals surface area contributed by atoms with E-state index in [2.05, 4.69) is 0 Å². The molecule has 3 aromatic rings. The van der Waals surface area contributed by atoms with E-state index < -0.39 is 21.7 Å². The number of carbonyl (C=O) groups is 1. The van der Waals surface area contributed by atoms with Crippen molar-refractivity contribution in [2.75, 3.05) is 13.1 Å². The SMILES string of the molecule is Cc1ccc(S(=O)(=O)N2C/C(=C\c3ccc(F)cc3)C(=O)/C(=C/c3ccc(F)cc3)C2)cc1. The molecule has 1 saturated heterocycles. The molecule has 0 aromatic heterocycles. The van der Waals surface area contributed by atoms with Gasteiger partial charge in [0.05, 0.1) is 4.90 Å². The van der Waals surface area contributed by atoms with E-state index in [-0.39, 0.29) is 34.9 Å². The molecule has 1 fully saturated rings. The normalized spacial score (nSPS) is 17.6. The summed E-state index contributed by atoms with van der Waals surface area (Å²) in [7, 11) is -3.89. The maximum Gasteiger partial charge on any atom is 0.243 e. The number of aryl methyl sites for hydroxylation is 1. The van der Waals surface area contributed by atoms with Gasteiger partial charge in [-0.25, -0.2) is 17.2 Å². The molecule has 0 radical (unpaired) electrons. The van der Waals surface area contributed by atoms with Crippen molar-refractivity contribution < 1.29 is 22.0 Å². The zero-order valence-electron chi connectivity index (χ0n) is 17.8. The van der Waals surface area contributed by atoms with Crippen LogP contribution in [0.3, 0.4) is 0 Å². The van der Waals surface area contributed by atoms with Gasteiger partial charge in [0, 0.05) is 24.2 Å². The second-order valence-electron chi connectivity index (χ2n) is 7.86. The molecule has 0 spiro atoms. The molecule has 33 heavy (non-hydrogen) atoms. The van der Waals surface area contributed by atoms with Crippen molar-refractivity contribution >= 4 is 28.0 Å². The third-order valence-corrected chi connectivity index (χ3v) is 7.16. The zero-order valence-corrected chi connectivity index (χ0v) is 18.6. The number of Topliss-reactive ketones (excluding diaryl/α,β-unsaturated/α-hetero) is 1. The number of carbonyl (C=O) groups excluding carboxylic acids is 1. The Balaban J connectivity index is 1.77. The minimum atomic E-state index is -3.89. The van der Waals surface area contributed by atoms with E-state index in [0.717, 1.165) is 5.56 Å². The molecule has 4 rings (SSSR count). The minimum Gasteiger partial charge on any atom is -0.289 e. The summed E-state index contributed by atoms with van der Waals surface area (Å²) >= 11 is 0. The summed E-state index contributed by atoms with van der Waals surface area (Å²) in [5, 5.41) is 0. The molecule has 1 aliphatic rings. The lowest BCUT2D eigenvalue weighted by Gasteiger charge is -2.29. The molecule has 4 nitrogen and oxygen atoms in total. The van der Waals surface area contributed by atoms with Crippen LogP contribution in [0.15, 0.2) is 88.8 Å². The van der Waals surface area contributed by atoms with Gasteiger partial charge < -0.3 is 0 Å². The highest BCUT2D eigenvalue weighted by Crippen LogP contribution is 2.27. The van der Waals surface area contributed by atoms with Crippen LogP contribution in [-0.2, 0) is 14.8 Å². The predicted octanol–water partition coefficient (Wildman–Crippen LogP) is 5.01. The number of sulfonamides is 1. The highest BCUT2D eigenvalue weighted by atomic mass is 32.2. The Kier molecular flexibility index (Phi) is 6.35. The molecule has 0 amide bonds. The van der Waals surface area contributed by atoms with Crippen molar-refractivity contribution in [3.63, 3.8) is 0 Å². The number of hydrogen-bond donors (Lipinski definition) is 0. The lowest BCUT2D eigenvalue weighted by Crippen LogP contribution is -2.41. The maximum absolute atomic E-state index is 13.4. The van der Waals surface area contributed by atoms with Crippen LogP contribution in [0, 0.1) is 18.6 Å². The van der Waals surface area contributed by atoms with Gasteiger partial charge in [0.25, 0.3) is 0 Å². The molecule has 168 valence electrons. The number of nitrogens with zero attached hydrogens (tertiary/aromatic N) is 1. The Bertz CT molecular complexity index is 1270. The first-order valence-corrected chi connectivity index (χ1v) is 11.7. The molecule has 0 saturated carbocycles. The monoisotopic (exact) mass is 465 g/mol. The van der Waals surface area contributed by atoms with Crippen molar-refractivity contribution in [2.45, 2.75) is 11.8 Å². The average molecular weight is 466 g/mol. The van der Waals surface area contributed by atoms with Crippen molar-refractivity contribution in [3.8, 4) is 0 Å². The first kappa shape index (κ1) is 22.8. The maximum atomic E-state index is 13.4. The summed E-state index contributed by atoms with van der Waals surface area (Å²) in [6.07, 6.45) is 3.13. The van der Waals surface area contributed by atoms with E-state index in [9.17, 15) is 22.0 Å². The Hall–Kier alpha value is -3.42. The van der Waals surface area contributed by atoms with Crippen molar-refractivity contribution in [3.05, 3.63) is 112 Å².